The molecule has 1 fully saturated rings. The molecule has 0 unspecified atom stereocenters. The molecule has 0 aliphatic carbocycles. The van der Waals surface area contributed by atoms with Gasteiger partial charge in [0.1, 0.15) is 11.0 Å². The zero-order valence-corrected chi connectivity index (χ0v) is 16.3. The van der Waals surface area contributed by atoms with Crippen LogP contribution < -0.4 is 5.56 Å². The van der Waals surface area contributed by atoms with E-state index in [0.29, 0.717) is 37.0 Å². The molecule has 1 N–H and O–H groups in total. The van der Waals surface area contributed by atoms with Crippen LogP contribution in [0, 0.1) is 0 Å². The number of aromatic nitrogens is 5. The van der Waals surface area contributed by atoms with Crippen LogP contribution in [0.2, 0.25) is 0 Å². The highest BCUT2D eigenvalue weighted by Crippen LogP contribution is 2.24. The number of benzene rings is 1. The molecule has 1 aromatic carbocycles. The molecule has 146 valence electrons. The second-order valence-corrected chi connectivity index (χ2v) is 8.30. The molecule has 1 amide bonds. The fourth-order valence-corrected chi connectivity index (χ4v) is 3.56. The quantitative estimate of drug-likeness (QED) is 0.736. The molecule has 2 aromatic heterocycles. The Bertz CT molecular complexity index is 1070. The fraction of sp³-hybridized carbons (Fsp3) is 0.450. The van der Waals surface area contributed by atoms with Crippen molar-refractivity contribution in [1.29, 1.82) is 0 Å². The average molecular weight is 380 g/mol. The van der Waals surface area contributed by atoms with E-state index >= 15 is 0 Å². The predicted molar refractivity (Wildman–Crippen MR) is 105 cm³/mol. The molecular formula is C20H24N6O2. The van der Waals surface area contributed by atoms with Gasteiger partial charge in [0, 0.05) is 30.1 Å². The van der Waals surface area contributed by atoms with Crippen molar-refractivity contribution in [2.24, 2.45) is 0 Å². The number of hydrogen-bond acceptors (Lipinski definition) is 5. The van der Waals surface area contributed by atoms with Gasteiger partial charge in [-0.2, -0.15) is 20.5 Å². The van der Waals surface area contributed by atoms with Crippen LogP contribution in [-0.2, 0) is 5.41 Å². The molecule has 3 aromatic rings. The number of nitrogens with zero attached hydrogens (tertiary/aromatic N) is 5. The largest absolute Gasteiger partial charge is 0.338 e. The molecule has 0 spiro atoms. The van der Waals surface area contributed by atoms with E-state index in [1.54, 1.807) is 35.0 Å². The Morgan fingerprint density at radius 2 is 1.79 bits per heavy atom. The molecule has 1 saturated heterocycles. The zero-order chi connectivity index (χ0) is 19.9. The van der Waals surface area contributed by atoms with Crippen molar-refractivity contribution in [3.63, 3.8) is 0 Å². The Kier molecular flexibility index (Phi) is 4.49. The van der Waals surface area contributed by atoms with Crippen molar-refractivity contribution in [3.05, 3.63) is 51.9 Å². The monoisotopic (exact) mass is 380 g/mol. The van der Waals surface area contributed by atoms with E-state index in [4.69, 9.17) is 0 Å². The van der Waals surface area contributed by atoms with Crippen molar-refractivity contribution in [3.8, 4) is 0 Å². The summed E-state index contributed by atoms with van der Waals surface area (Å²) in [7, 11) is 0. The van der Waals surface area contributed by atoms with Crippen molar-refractivity contribution in [1.82, 2.24) is 30.1 Å². The Hall–Kier alpha value is -3.03. The second kappa shape index (κ2) is 6.85. The van der Waals surface area contributed by atoms with Gasteiger partial charge in [-0.1, -0.05) is 20.8 Å². The van der Waals surface area contributed by atoms with Gasteiger partial charge in [-0.25, -0.2) is 4.68 Å². The van der Waals surface area contributed by atoms with E-state index in [1.807, 2.05) is 4.90 Å². The van der Waals surface area contributed by atoms with Crippen LogP contribution >= 0.6 is 0 Å². The van der Waals surface area contributed by atoms with Gasteiger partial charge in [0.05, 0.1) is 11.7 Å². The Labute approximate surface area is 162 Å². The summed E-state index contributed by atoms with van der Waals surface area (Å²) in [5.74, 6) is -0.0212. The van der Waals surface area contributed by atoms with Crippen LogP contribution in [0.5, 0.6) is 0 Å². The third-order valence-corrected chi connectivity index (χ3v) is 5.25. The van der Waals surface area contributed by atoms with Crippen LogP contribution in [0.3, 0.4) is 0 Å². The van der Waals surface area contributed by atoms with Crippen LogP contribution in [0.15, 0.2) is 35.1 Å². The third kappa shape index (κ3) is 3.42. The number of amides is 1. The molecule has 28 heavy (non-hydrogen) atoms. The number of aromatic amines is 1. The van der Waals surface area contributed by atoms with Gasteiger partial charge in [0.15, 0.2) is 0 Å². The lowest BCUT2D eigenvalue weighted by Crippen LogP contribution is -2.41. The molecular weight excluding hydrogens is 356 g/mol. The normalized spacial score (nSPS) is 15.9. The molecule has 0 atom stereocenters. The molecule has 3 heterocycles. The molecule has 0 saturated carbocycles. The molecule has 8 nitrogen and oxygen atoms in total. The smallest absolute Gasteiger partial charge is 0.267 e. The van der Waals surface area contributed by atoms with Gasteiger partial charge in [-0.15, -0.1) is 0 Å². The summed E-state index contributed by atoms with van der Waals surface area (Å²) >= 11 is 0. The lowest BCUT2D eigenvalue weighted by atomic mass is 9.92. The number of carbonyl (C=O) groups excluding carboxylic acids is 1. The standard InChI is InChI=1S/C20H24N6O2/c1-20(2,3)17-6-7-18(27)26(23-17)14-8-10-25(11-9-14)19(28)13-4-5-15-16(12-13)22-24-21-15/h4-7,12,14H,8-11H2,1-3H3,(H,21,22,24). The third-order valence-electron chi connectivity index (χ3n) is 5.25. The minimum absolute atomic E-state index is 0.0110. The number of H-pyrrole nitrogens is 1. The van der Waals surface area contributed by atoms with E-state index < -0.39 is 0 Å². The molecule has 1 aliphatic rings. The topological polar surface area (TPSA) is 96.8 Å². The minimum atomic E-state index is -0.119. The maximum absolute atomic E-state index is 12.8. The fourth-order valence-electron chi connectivity index (χ4n) is 3.56. The first-order valence-corrected chi connectivity index (χ1v) is 9.53. The highest BCUT2D eigenvalue weighted by molar-refractivity contribution is 5.97. The highest BCUT2D eigenvalue weighted by atomic mass is 16.2. The first-order valence-electron chi connectivity index (χ1n) is 9.53. The second-order valence-electron chi connectivity index (χ2n) is 8.30. The Morgan fingerprint density at radius 1 is 1.07 bits per heavy atom. The average Bonchev–Trinajstić information content (AvgIpc) is 3.15. The lowest BCUT2D eigenvalue weighted by molar-refractivity contribution is 0.0687. The summed E-state index contributed by atoms with van der Waals surface area (Å²) in [4.78, 5) is 27.0. The van der Waals surface area contributed by atoms with E-state index in [-0.39, 0.29) is 22.9 Å². The van der Waals surface area contributed by atoms with Crippen LogP contribution in [0.4, 0.5) is 0 Å². The summed E-state index contributed by atoms with van der Waals surface area (Å²) in [6, 6.07) is 8.73. The highest BCUT2D eigenvalue weighted by Gasteiger charge is 2.27. The molecule has 8 heteroatoms. The van der Waals surface area contributed by atoms with Crippen molar-refractivity contribution < 1.29 is 4.79 Å². The van der Waals surface area contributed by atoms with Gasteiger partial charge < -0.3 is 4.90 Å². The zero-order valence-electron chi connectivity index (χ0n) is 16.3. The van der Waals surface area contributed by atoms with E-state index in [2.05, 4.69) is 41.3 Å². The van der Waals surface area contributed by atoms with Gasteiger partial charge in [-0.3, -0.25) is 9.59 Å². The minimum Gasteiger partial charge on any atom is -0.338 e. The summed E-state index contributed by atoms with van der Waals surface area (Å²) in [5, 5.41) is 15.2. The van der Waals surface area contributed by atoms with E-state index in [9.17, 15) is 9.59 Å². The van der Waals surface area contributed by atoms with Gasteiger partial charge in [-0.05, 0) is 37.1 Å². The van der Waals surface area contributed by atoms with Crippen LogP contribution in [0.1, 0.15) is 55.7 Å². The number of carbonyl (C=O) groups is 1. The van der Waals surface area contributed by atoms with Crippen molar-refractivity contribution in [2.75, 3.05) is 13.1 Å². The van der Waals surface area contributed by atoms with Gasteiger partial charge in [0.2, 0.25) is 0 Å². The number of likely N-dealkylation sites (tertiary alicyclic amines) is 1. The molecule has 0 bridgehead atoms. The molecule has 1 aliphatic heterocycles. The van der Waals surface area contributed by atoms with Crippen LogP contribution in [0.25, 0.3) is 11.0 Å². The number of fused-ring (bicyclic) bond motifs is 1. The SMILES string of the molecule is CC(C)(C)c1ccc(=O)n(C2CCN(C(=O)c3ccc4n[nH]nc4c3)CC2)n1. The van der Waals surface area contributed by atoms with Crippen LogP contribution in [-0.4, -0.2) is 49.1 Å². The Balaban J connectivity index is 1.49. The maximum atomic E-state index is 12.8. The van der Waals surface area contributed by atoms with Gasteiger partial charge >= 0.3 is 0 Å². The lowest BCUT2D eigenvalue weighted by Gasteiger charge is -2.33. The van der Waals surface area contributed by atoms with Crippen molar-refractivity contribution in [2.45, 2.75) is 45.1 Å². The molecule has 4 rings (SSSR count). The Morgan fingerprint density at radius 3 is 2.50 bits per heavy atom. The first kappa shape index (κ1) is 18.3. The number of piperidine rings is 1. The molecule has 0 radical (unpaired) electrons. The summed E-state index contributed by atoms with van der Waals surface area (Å²) in [6.45, 7) is 7.42. The summed E-state index contributed by atoms with van der Waals surface area (Å²) in [6.07, 6.45) is 1.41. The van der Waals surface area contributed by atoms with E-state index in [0.717, 1.165) is 11.2 Å². The maximum Gasteiger partial charge on any atom is 0.267 e. The summed E-state index contributed by atoms with van der Waals surface area (Å²) in [5.41, 5.74) is 2.70. The summed E-state index contributed by atoms with van der Waals surface area (Å²) < 4.78 is 1.60. The first-order chi connectivity index (χ1) is 13.3. The van der Waals surface area contributed by atoms with Gasteiger partial charge in [0.25, 0.3) is 11.5 Å². The van der Waals surface area contributed by atoms with E-state index in [1.165, 1.54) is 0 Å². The number of hydrogen-bond donors (Lipinski definition) is 1. The van der Waals surface area contributed by atoms with Crippen molar-refractivity contribution >= 4 is 16.9 Å². The predicted octanol–water partition coefficient (Wildman–Crippen LogP) is 2.29. The number of rotatable bonds is 2. The number of nitrogens with one attached hydrogen (secondary N) is 1.